The summed E-state index contributed by atoms with van der Waals surface area (Å²) in [5.41, 5.74) is 1.52. The van der Waals surface area contributed by atoms with Gasteiger partial charge in [-0.1, -0.05) is 24.0 Å². The topological polar surface area (TPSA) is 54.4 Å². The highest BCUT2D eigenvalue weighted by Crippen LogP contribution is 2.04. The van der Waals surface area contributed by atoms with Crippen molar-refractivity contribution in [1.29, 1.82) is 0 Å². The van der Waals surface area contributed by atoms with Gasteiger partial charge in [0.05, 0.1) is 12.8 Å². The van der Waals surface area contributed by atoms with E-state index in [1.807, 2.05) is 0 Å². The Bertz CT molecular complexity index is 407. The molecule has 0 saturated carbocycles. The Labute approximate surface area is 87.7 Å². The molecule has 1 aromatic rings. The van der Waals surface area contributed by atoms with Gasteiger partial charge in [-0.05, 0) is 17.7 Å². The summed E-state index contributed by atoms with van der Waals surface area (Å²) in [6, 6.07) is 6.93. The molecule has 0 spiro atoms. The van der Waals surface area contributed by atoms with Crippen LogP contribution in [-0.2, 0) is 16.0 Å². The number of carboxylic acid groups (broad SMARTS) is 1. The van der Waals surface area contributed by atoms with E-state index in [0.717, 1.165) is 17.4 Å². The maximum absolute atomic E-state index is 10.4. The Morgan fingerprint density at radius 2 is 2.00 bits per heavy atom. The lowest BCUT2D eigenvalue weighted by atomic mass is 10.1. The zero-order valence-electron chi connectivity index (χ0n) is 8.06. The van der Waals surface area contributed by atoms with E-state index in [4.69, 9.17) is 5.11 Å². The van der Waals surface area contributed by atoms with Gasteiger partial charge >= 0.3 is 5.97 Å². The van der Waals surface area contributed by atoms with Crippen LogP contribution < -0.4 is 0 Å². The molecule has 3 heteroatoms. The van der Waals surface area contributed by atoms with Crippen LogP contribution in [0.15, 0.2) is 24.3 Å². The predicted octanol–water partition coefficient (Wildman–Crippen LogP) is 1.25. The van der Waals surface area contributed by atoms with Crippen molar-refractivity contribution in [1.82, 2.24) is 0 Å². The third kappa shape index (κ3) is 4.10. The van der Waals surface area contributed by atoms with Gasteiger partial charge < -0.3 is 9.90 Å². The number of carbonyl (C=O) groups is 2. The third-order valence-electron chi connectivity index (χ3n) is 1.73. The largest absolute Gasteiger partial charge is 0.481 e. The Balaban J connectivity index is 2.69. The second-order valence-electron chi connectivity index (χ2n) is 2.94. The minimum absolute atomic E-state index is 0.0159. The first-order valence-electron chi connectivity index (χ1n) is 4.45. The van der Waals surface area contributed by atoms with Gasteiger partial charge in [-0.3, -0.25) is 4.79 Å². The first kappa shape index (κ1) is 11.0. The van der Waals surface area contributed by atoms with E-state index < -0.39 is 5.97 Å². The monoisotopic (exact) mass is 202 g/mol. The summed E-state index contributed by atoms with van der Waals surface area (Å²) in [6.07, 6.45) is 0.977. The second-order valence-corrected chi connectivity index (χ2v) is 2.94. The molecule has 0 bridgehead atoms. The minimum atomic E-state index is -0.852. The first-order chi connectivity index (χ1) is 7.22. The number of carboxylic acids is 1. The van der Waals surface area contributed by atoms with Crippen molar-refractivity contribution < 1.29 is 14.7 Å². The highest BCUT2D eigenvalue weighted by Gasteiger charge is 1.98. The molecule has 0 atom stereocenters. The van der Waals surface area contributed by atoms with Crippen molar-refractivity contribution in [3.63, 3.8) is 0 Å². The molecule has 0 unspecified atom stereocenters. The summed E-state index contributed by atoms with van der Waals surface area (Å²) in [5, 5.41) is 8.54. The molecule has 0 radical (unpaired) electrons. The Hall–Kier alpha value is -2.08. The number of hydrogen-bond donors (Lipinski definition) is 1. The van der Waals surface area contributed by atoms with Crippen molar-refractivity contribution >= 4 is 12.3 Å². The molecule has 1 rings (SSSR count). The smallest absolute Gasteiger partial charge is 0.307 e. The van der Waals surface area contributed by atoms with Crippen LogP contribution in [0.4, 0.5) is 0 Å². The minimum Gasteiger partial charge on any atom is -0.481 e. The molecule has 1 aromatic carbocycles. The maximum Gasteiger partial charge on any atom is 0.307 e. The van der Waals surface area contributed by atoms with Gasteiger partial charge in [-0.25, -0.2) is 0 Å². The van der Waals surface area contributed by atoms with E-state index in [0.29, 0.717) is 0 Å². The number of benzene rings is 1. The molecule has 0 aliphatic heterocycles. The lowest BCUT2D eigenvalue weighted by Gasteiger charge is -1.96. The molecule has 0 aliphatic rings. The fraction of sp³-hybridized carbons (Fsp3) is 0.167. The lowest BCUT2D eigenvalue weighted by molar-refractivity contribution is -0.136. The molecule has 3 nitrogen and oxygen atoms in total. The molecule has 0 heterocycles. The van der Waals surface area contributed by atoms with E-state index >= 15 is 0 Å². The summed E-state index contributed by atoms with van der Waals surface area (Å²) in [7, 11) is 0. The van der Waals surface area contributed by atoms with Gasteiger partial charge in [0.25, 0.3) is 0 Å². The molecule has 0 aromatic heterocycles. The number of hydrogen-bond acceptors (Lipinski definition) is 2. The number of aldehydes is 1. The fourth-order valence-electron chi connectivity index (χ4n) is 1.08. The highest BCUT2D eigenvalue weighted by atomic mass is 16.4. The van der Waals surface area contributed by atoms with Crippen LogP contribution in [0, 0.1) is 11.8 Å². The fourth-order valence-corrected chi connectivity index (χ4v) is 1.08. The first-order valence-corrected chi connectivity index (χ1v) is 4.45. The second kappa shape index (κ2) is 5.61. The van der Waals surface area contributed by atoms with Crippen LogP contribution >= 0.6 is 0 Å². The molecular formula is C12H10O3. The van der Waals surface area contributed by atoms with Crippen LogP contribution in [0.25, 0.3) is 0 Å². The Morgan fingerprint density at radius 1 is 1.33 bits per heavy atom. The van der Waals surface area contributed by atoms with Crippen molar-refractivity contribution in [2.24, 2.45) is 0 Å². The standard InChI is InChI=1S/C12H10O3/c13-8-2-1-3-10-4-6-11(7-5-10)9-12(14)15/h4-8H,2,9H2,(H,14,15). The summed E-state index contributed by atoms with van der Waals surface area (Å²) in [4.78, 5) is 20.4. The summed E-state index contributed by atoms with van der Waals surface area (Å²) < 4.78 is 0. The van der Waals surface area contributed by atoms with E-state index in [9.17, 15) is 9.59 Å². The maximum atomic E-state index is 10.4. The molecule has 76 valence electrons. The summed E-state index contributed by atoms with van der Waals surface area (Å²) in [6.45, 7) is 0. The molecular weight excluding hydrogens is 192 g/mol. The lowest BCUT2D eigenvalue weighted by Crippen LogP contribution is -1.99. The molecule has 1 N–H and O–H groups in total. The summed E-state index contributed by atoms with van der Waals surface area (Å²) >= 11 is 0. The van der Waals surface area contributed by atoms with E-state index in [1.165, 1.54) is 0 Å². The van der Waals surface area contributed by atoms with E-state index in [-0.39, 0.29) is 12.8 Å². The zero-order valence-corrected chi connectivity index (χ0v) is 8.06. The van der Waals surface area contributed by atoms with Crippen LogP contribution in [-0.4, -0.2) is 17.4 Å². The van der Waals surface area contributed by atoms with Crippen molar-refractivity contribution in [3.05, 3.63) is 35.4 Å². The van der Waals surface area contributed by atoms with E-state index in [2.05, 4.69) is 11.8 Å². The number of rotatable bonds is 3. The van der Waals surface area contributed by atoms with Gasteiger partial charge in [0.1, 0.15) is 6.29 Å². The van der Waals surface area contributed by atoms with Crippen LogP contribution in [0.5, 0.6) is 0 Å². The van der Waals surface area contributed by atoms with Crippen molar-refractivity contribution in [2.75, 3.05) is 0 Å². The summed E-state index contributed by atoms with van der Waals surface area (Å²) in [5.74, 6) is 4.62. The molecule has 15 heavy (non-hydrogen) atoms. The van der Waals surface area contributed by atoms with Crippen molar-refractivity contribution in [2.45, 2.75) is 12.8 Å². The van der Waals surface area contributed by atoms with Gasteiger partial charge in [-0.2, -0.15) is 0 Å². The molecule has 0 fully saturated rings. The SMILES string of the molecule is O=CCC#Cc1ccc(CC(=O)O)cc1. The normalized spacial score (nSPS) is 8.80. The third-order valence-corrected chi connectivity index (χ3v) is 1.73. The van der Waals surface area contributed by atoms with Gasteiger partial charge in [-0.15, -0.1) is 0 Å². The zero-order chi connectivity index (χ0) is 11.1. The Kier molecular flexibility index (Phi) is 4.11. The number of carbonyl (C=O) groups excluding carboxylic acids is 1. The highest BCUT2D eigenvalue weighted by molar-refractivity contribution is 5.70. The van der Waals surface area contributed by atoms with Crippen LogP contribution in [0.2, 0.25) is 0 Å². The van der Waals surface area contributed by atoms with Crippen LogP contribution in [0.3, 0.4) is 0 Å². The average molecular weight is 202 g/mol. The van der Waals surface area contributed by atoms with Gasteiger partial charge in [0.2, 0.25) is 0 Å². The van der Waals surface area contributed by atoms with Gasteiger partial charge in [0, 0.05) is 5.56 Å². The number of aliphatic carboxylic acids is 1. The van der Waals surface area contributed by atoms with E-state index in [1.54, 1.807) is 24.3 Å². The predicted molar refractivity (Wildman–Crippen MR) is 55.3 cm³/mol. The molecule has 0 amide bonds. The Morgan fingerprint density at radius 3 is 2.53 bits per heavy atom. The average Bonchev–Trinajstić information content (AvgIpc) is 2.20. The molecule has 0 aliphatic carbocycles. The van der Waals surface area contributed by atoms with Gasteiger partial charge in [0.15, 0.2) is 0 Å². The van der Waals surface area contributed by atoms with Crippen molar-refractivity contribution in [3.8, 4) is 11.8 Å². The van der Waals surface area contributed by atoms with Crippen LogP contribution in [0.1, 0.15) is 17.5 Å². The quantitative estimate of drug-likeness (QED) is 0.593. The molecule has 0 saturated heterocycles.